The van der Waals surface area contributed by atoms with E-state index in [0.29, 0.717) is 36.0 Å². The van der Waals surface area contributed by atoms with Crippen LogP contribution >= 0.6 is 15.9 Å². The molecule has 2 heterocycles. The summed E-state index contributed by atoms with van der Waals surface area (Å²) in [6.07, 6.45) is 2.86. The second kappa shape index (κ2) is 7.26. The predicted octanol–water partition coefficient (Wildman–Crippen LogP) is 2.96. The fourth-order valence-corrected chi connectivity index (χ4v) is 4.84. The molecule has 0 atom stereocenters. The Morgan fingerprint density at radius 3 is 2.71 bits per heavy atom. The van der Waals surface area contributed by atoms with E-state index in [0.717, 1.165) is 25.8 Å². The molecular weight excluding hydrogens is 356 g/mol. The van der Waals surface area contributed by atoms with Crippen LogP contribution in [0.3, 0.4) is 0 Å². The first-order chi connectivity index (χ1) is 9.95. The van der Waals surface area contributed by atoms with Crippen LogP contribution in [0.2, 0.25) is 0 Å². The zero-order valence-electron chi connectivity index (χ0n) is 12.6. The molecule has 0 aromatic carbocycles. The summed E-state index contributed by atoms with van der Waals surface area (Å²) in [6.45, 7) is 6.84. The molecule has 5 nitrogen and oxygen atoms in total. The van der Waals surface area contributed by atoms with E-state index in [2.05, 4.69) is 35.1 Å². The minimum absolute atomic E-state index is 0.241. The molecule has 1 aliphatic heterocycles. The van der Waals surface area contributed by atoms with E-state index in [-0.39, 0.29) is 4.90 Å². The molecule has 2 rings (SSSR count). The second-order valence-electron chi connectivity index (χ2n) is 5.61. The first-order valence-electron chi connectivity index (χ1n) is 7.44. The third-order valence-corrected chi connectivity index (χ3v) is 6.55. The van der Waals surface area contributed by atoms with Crippen molar-refractivity contribution in [3.8, 4) is 0 Å². The van der Waals surface area contributed by atoms with Gasteiger partial charge in [0.15, 0.2) is 4.67 Å². The normalized spacial score (nSPS) is 18.2. The van der Waals surface area contributed by atoms with E-state index in [1.54, 1.807) is 10.4 Å². The molecule has 1 aliphatic rings. The van der Waals surface area contributed by atoms with Gasteiger partial charge < -0.3 is 9.73 Å². The average Bonchev–Trinajstić information content (AvgIpc) is 2.81. The monoisotopic (exact) mass is 378 g/mol. The fraction of sp³-hybridized carbons (Fsp3) is 0.714. The van der Waals surface area contributed by atoms with Gasteiger partial charge in [0, 0.05) is 19.2 Å². The molecule has 0 spiro atoms. The van der Waals surface area contributed by atoms with Crippen LogP contribution in [0, 0.1) is 5.92 Å². The summed E-state index contributed by atoms with van der Waals surface area (Å²) in [5.41, 5.74) is 0. The van der Waals surface area contributed by atoms with Crippen LogP contribution < -0.4 is 5.32 Å². The maximum Gasteiger partial charge on any atom is 0.247 e. The molecular formula is C14H23BrN2O3S. The zero-order chi connectivity index (χ0) is 15.5. The van der Waals surface area contributed by atoms with Gasteiger partial charge in [-0.1, -0.05) is 13.8 Å². The van der Waals surface area contributed by atoms with Gasteiger partial charge in [-0.25, -0.2) is 8.42 Å². The summed E-state index contributed by atoms with van der Waals surface area (Å²) in [7, 11) is -3.46. The number of nitrogens with one attached hydrogen (secondary N) is 1. The summed E-state index contributed by atoms with van der Waals surface area (Å²) < 4.78 is 32.7. The molecule has 7 heteroatoms. The van der Waals surface area contributed by atoms with Crippen LogP contribution in [0.15, 0.2) is 20.0 Å². The first kappa shape index (κ1) is 17.0. The number of piperidine rings is 1. The number of hydrogen-bond acceptors (Lipinski definition) is 4. The molecule has 0 unspecified atom stereocenters. The Hall–Kier alpha value is -0.370. The molecule has 0 bridgehead atoms. The smallest absolute Gasteiger partial charge is 0.247 e. The predicted molar refractivity (Wildman–Crippen MR) is 85.6 cm³/mol. The fourth-order valence-electron chi connectivity index (χ4n) is 2.41. The minimum Gasteiger partial charge on any atom is -0.452 e. The van der Waals surface area contributed by atoms with Crippen molar-refractivity contribution in [1.82, 2.24) is 9.62 Å². The van der Waals surface area contributed by atoms with Gasteiger partial charge in [-0.05, 0) is 47.7 Å². The standard InChI is InChI=1S/C14H23BrN2O3S/c1-3-6-16-10-12-9-13(14(15)20-12)21(18,19)17-7-4-11(2)5-8-17/h9,11,16H,3-8,10H2,1-2H3. The Labute approximate surface area is 135 Å². The first-order valence-corrected chi connectivity index (χ1v) is 9.67. The zero-order valence-corrected chi connectivity index (χ0v) is 15.0. The molecule has 120 valence electrons. The molecule has 1 aromatic rings. The highest BCUT2D eigenvalue weighted by molar-refractivity contribution is 9.10. The summed E-state index contributed by atoms with van der Waals surface area (Å²) in [5, 5.41) is 3.21. The van der Waals surface area contributed by atoms with E-state index in [9.17, 15) is 8.42 Å². The third kappa shape index (κ3) is 4.09. The molecule has 1 N–H and O–H groups in total. The van der Waals surface area contributed by atoms with Crippen LogP contribution in [0.25, 0.3) is 0 Å². The van der Waals surface area contributed by atoms with Gasteiger partial charge in [0.05, 0.1) is 6.54 Å². The molecule has 1 fully saturated rings. The Bertz CT molecular complexity index is 563. The quantitative estimate of drug-likeness (QED) is 0.772. The van der Waals surface area contributed by atoms with Crippen LogP contribution in [0.4, 0.5) is 0 Å². The lowest BCUT2D eigenvalue weighted by molar-refractivity contribution is 0.287. The Balaban J connectivity index is 2.12. The minimum atomic E-state index is -3.46. The van der Waals surface area contributed by atoms with Crippen molar-refractivity contribution < 1.29 is 12.8 Å². The Morgan fingerprint density at radius 2 is 2.10 bits per heavy atom. The molecule has 1 saturated heterocycles. The van der Waals surface area contributed by atoms with E-state index < -0.39 is 10.0 Å². The van der Waals surface area contributed by atoms with Gasteiger partial charge in [-0.3, -0.25) is 0 Å². The van der Waals surface area contributed by atoms with Gasteiger partial charge in [0.2, 0.25) is 10.0 Å². The molecule has 0 aliphatic carbocycles. The van der Waals surface area contributed by atoms with Gasteiger partial charge in [-0.2, -0.15) is 4.31 Å². The maximum absolute atomic E-state index is 12.7. The topological polar surface area (TPSA) is 62.6 Å². The molecule has 0 radical (unpaired) electrons. The SMILES string of the molecule is CCCNCc1cc(S(=O)(=O)N2CCC(C)CC2)c(Br)o1. The van der Waals surface area contributed by atoms with Crippen molar-refractivity contribution >= 4 is 26.0 Å². The number of halogens is 1. The van der Waals surface area contributed by atoms with Gasteiger partial charge >= 0.3 is 0 Å². The van der Waals surface area contributed by atoms with E-state index in [1.165, 1.54) is 0 Å². The highest BCUT2D eigenvalue weighted by Gasteiger charge is 2.31. The van der Waals surface area contributed by atoms with Gasteiger partial charge in [0.25, 0.3) is 0 Å². The largest absolute Gasteiger partial charge is 0.452 e. The summed E-state index contributed by atoms with van der Waals surface area (Å²) in [6, 6.07) is 1.63. The van der Waals surface area contributed by atoms with Crippen molar-refractivity contribution in [2.24, 2.45) is 5.92 Å². The highest BCUT2D eigenvalue weighted by Crippen LogP contribution is 2.31. The third-order valence-electron chi connectivity index (χ3n) is 3.79. The maximum atomic E-state index is 12.7. The lowest BCUT2D eigenvalue weighted by Gasteiger charge is -2.28. The van der Waals surface area contributed by atoms with Crippen LogP contribution in [-0.4, -0.2) is 32.4 Å². The Kier molecular flexibility index (Phi) is 5.88. The lowest BCUT2D eigenvalue weighted by Crippen LogP contribution is -2.37. The number of hydrogen-bond donors (Lipinski definition) is 1. The van der Waals surface area contributed by atoms with Gasteiger partial charge in [-0.15, -0.1) is 0 Å². The molecule has 1 aromatic heterocycles. The van der Waals surface area contributed by atoms with Crippen molar-refractivity contribution in [2.45, 2.75) is 44.6 Å². The summed E-state index contributed by atoms with van der Waals surface area (Å²) in [5.74, 6) is 1.23. The van der Waals surface area contributed by atoms with Crippen LogP contribution in [0.5, 0.6) is 0 Å². The molecule has 0 saturated carbocycles. The van der Waals surface area contributed by atoms with E-state index in [1.807, 2.05) is 0 Å². The van der Waals surface area contributed by atoms with E-state index >= 15 is 0 Å². The van der Waals surface area contributed by atoms with Crippen molar-refractivity contribution in [1.29, 1.82) is 0 Å². The van der Waals surface area contributed by atoms with E-state index in [4.69, 9.17) is 4.42 Å². The van der Waals surface area contributed by atoms with Crippen LogP contribution in [-0.2, 0) is 16.6 Å². The van der Waals surface area contributed by atoms with Crippen molar-refractivity contribution in [2.75, 3.05) is 19.6 Å². The lowest BCUT2D eigenvalue weighted by atomic mass is 10.0. The number of sulfonamides is 1. The highest BCUT2D eigenvalue weighted by atomic mass is 79.9. The van der Waals surface area contributed by atoms with Gasteiger partial charge in [0.1, 0.15) is 10.7 Å². The Morgan fingerprint density at radius 1 is 1.43 bits per heavy atom. The molecule has 0 amide bonds. The summed E-state index contributed by atoms with van der Waals surface area (Å²) >= 11 is 3.24. The van der Waals surface area contributed by atoms with Crippen LogP contribution in [0.1, 0.15) is 38.9 Å². The number of nitrogens with zero attached hydrogens (tertiary/aromatic N) is 1. The van der Waals surface area contributed by atoms with Crippen molar-refractivity contribution in [3.05, 3.63) is 16.5 Å². The number of rotatable bonds is 6. The average molecular weight is 379 g/mol. The second-order valence-corrected chi connectivity index (χ2v) is 8.24. The molecule has 21 heavy (non-hydrogen) atoms. The summed E-state index contributed by atoms with van der Waals surface area (Å²) in [4.78, 5) is 0.241. The van der Waals surface area contributed by atoms with Crippen molar-refractivity contribution in [3.63, 3.8) is 0 Å². The number of furan rings is 1.